The smallest absolute Gasteiger partial charge is 0.0423 e. The lowest BCUT2D eigenvalue weighted by Gasteiger charge is -2.15. The molecule has 3 rings (SSSR count). The van der Waals surface area contributed by atoms with Crippen molar-refractivity contribution in [1.29, 1.82) is 0 Å². The van der Waals surface area contributed by atoms with Crippen LogP contribution in [-0.4, -0.2) is 0 Å². The summed E-state index contributed by atoms with van der Waals surface area (Å²) in [7, 11) is 0. The third kappa shape index (κ3) is 4.17. The molecule has 3 aromatic carbocycles. The van der Waals surface area contributed by atoms with E-state index in [1.54, 1.807) is 0 Å². The Labute approximate surface area is 145 Å². The summed E-state index contributed by atoms with van der Waals surface area (Å²) in [5.74, 6) is 0. The van der Waals surface area contributed by atoms with Crippen LogP contribution >= 0.6 is 0 Å². The van der Waals surface area contributed by atoms with E-state index in [0.717, 1.165) is 12.1 Å². The molecule has 0 aliphatic carbocycles. The average molecular weight is 317 g/mol. The molecule has 1 N–H and O–H groups in total. The maximum Gasteiger partial charge on any atom is 0.0423 e. The Hall–Kier alpha value is -2.28. The van der Waals surface area contributed by atoms with Gasteiger partial charge in [0.05, 0.1) is 0 Å². The van der Waals surface area contributed by atoms with Crippen molar-refractivity contribution in [2.24, 2.45) is 0 Å². The van der Waals surface area contributed by atoms with E-state index in [-0.39, 0.29) is 0 Å². The van der Waals surface area contributed by atoms with Gasteiger partial charge in [-0.25, -0.2) is 0 Å². The second-order valence-corrected chi connectivity index (χ2v) is 6.47. The van der Waals surface area contributed by atoms with E-state index in [2.05, 4.69) is 79.0 Å². The zero-order chi connectivity index (χ0) is 16.6. The fraction of sp³-hybridized carbons (Fsp3) is 0.304. The van der Waals surface area contributed by atoms with Crippen LogP contribution in [0.2, 0.25) is 0 Å². The van der Waals surface area contributed by atoms with Crippen molar-refractivity contribution in [3.63, 3.8) is 0 Å². The molecule has 0 spiro atoms. The topological polar surface area (TPSA) is 12.0 Å². The van der Waals surface area contributed by atoms with Crippen LogP contribution in [-0.2, 0) is 6.42 Å². The summed E-state index contributed by atoms with van der Waals surface area (Å²) in [6.07, 6.45) is 7.72. The number of nitrogens with one attached hydrogen (secondary N) is 1. The first kappa shape index (κ1) is 16.6. The second-order valence-electron chi connectivity index (χ2n) is 6.47. The lowest BCUT2D eigenvalue weighted by Crippen LogP contribution is -1.98. The Morgan fingerprint density at radius 3 is 2.29 bits per heavy atom. The van der Waals surface area contributed by atoms with Crippen LogP contribution in [0.5, 0.6) is 0 Å². The molecule has 0 aromatic heterocycles. The van der Waals surface area contributed by atoms with E-state index < -0.39 is 0 Å². The van der Waals surface area contributed by atoms with Gasteiger partial charge in [-0.05, 0) is 47.4 Å². The van der Waals surface area contributed by atoms with Gasteiger partial charge in [0.25, 0.3) is 0 Å². The minimum atomic E-state index is 1.14. The van der Waals surface area contributed by atoms with Crippen molar-refractivity contribution in [1.82, 2.24) is 0 Å². The summed E-state index contributed by atoms with van der Waals surface area (Å²) < 4.78 is 0. The quantitative estimate of drug-likeness (QED) is 0.437. The molecule has 24 heavy (non-hydrogen) atoms. The third-order valence-corrected chi connectivity index (χ3v) is 4.62. The second kappa shape index (κ2) is 8.54. The summed E-state index contributed by atoms with van der Waals surface area (Å²) in [6, 6.07) is 23.7. The van der Waals surface area contributed by atoms with E-state index in [0.29, 0.717) is 0 Å². The highest BCUT2D eigenvalue weighted by molar-refractivity contribution is 5.91. The molecule has 0 heterocycles. The Bertz CT molecular complexity index is 761. The van der Waals surface area contributed by atoms with Gasteiger partial charge in [-0.3, -0.25) is 0 Å². The molecule has 0 atom stereocenters. The summed E-state index contributed by atoms with van der Waals surface area (Å²) in [5.41, 5.74) is 3.85. The van der Waals surface area contributed by atoms with Gasteiger partial charge in [0.15, 0.2) is 0 Å². The zero-order valence-electron chi connectivity index (χ0n) is 14.6. The van der Waals surface area contributed by atoms with E-state index in [1.165, 1.54) is 54.1 Å². The van der Waals surface area contributed by atoms with Gasteiger partial charge in [0, 0.05) is 11.4 Å². The number of hydrogen-bond acceptors (Lipinski definition) is 1. The molecule has 1 nitrogen and oxygen atoms in total. The van der Waals surface area contributed by atoms with Crippen molar-refractivity contribution in [3.05, 3.63) is 72.3 Å². The van der Waals surface area contributed by atoms with E-state index in [4.69, 9.17) is 0 Å². The summed E-state index contributed by atoms with van der Waals surface area (Å²) in [4.78, 5) is 0. The number of rotatable bonds is 8. The number of aryl methyl sites for hydroxylation is 1. The van der Waals surface area contributed by atoms with Gasteiger partial charge in [-0.1, -0.05) is 81.1 Å². The maximum atomic E-state index is 3.62. The first-order valence-corrected chi connectivity index (χ1v) is 9.21. The molecular formula is C23H27N. The van der Waals surface area contributed by atoms with Gasteiger partial charge in [-0.2, -0.15) is 0 Å². The molecule has 0 bridgehead atoms. The predicted octanol–water partition coefficient (Wildman–Crippen LogP) is 7.10. The van der Waals surface area contributed by atoms with Crippen molar-refractivity contribution in [3.8, 4) is 0 Å². The fourth-order valence-corrected chi connectivity index (χ4v) is 3.30. The highest BCUT2D eigenvalue weighted by atomic mass is 14.9. The number of hydrogen-bond donors (Lipinski definition) is 1. The first-order chi connectivity index (χ1) is 11.9. The molecule has 0 amide bonds. The van der Waals surface area contributed by atoms with Crippen molar-refractivity contribution in [2.45, 2.75) is 45.4 Å². The molecule has 1 heteroatoms. The lowest BCUT2D eigenvalue weighted by molar-refractivity contribution is 0.633. The highest BCUT2D eigenvalue weighted by Crippen LogP contribution is 2.30. The van der Waals surface area contributed by atoms with Crippen LogP contribution in [0.3, 0.4) is 0 Å². The van der Waals surface area contributed by atoms with Crippen molar-refractivity contribution < 1.29 is 0 Å². The molecule has 0 unspecified atom stereocenters. The van der Waals surface area contributed by atoms with Crippen LogP contribution in [0, 0.1) is 0 Å². The Kier molecular flexibility index (Phi) is 5.90. The summed E-state index contributed by atoms with van der Waals surface area (Å²) in [5, 5.41) is 6.33. The standard InChI is InChI=1S/C23H27N/c1-2-3-4-5-9-16-22-21-15-11-10-12-19(21)17-18-23(22)24-20-13-7-6-8-14-20/h6-8,10-15,17-18,24H,2-5,9,16H2,1H3. The molecule has 0 radical (unpaired) electrons. The molecule has 0 saturated carbocycles. The Morgan fingerprint density at radius 2 is 1.46 bits per heavy atom. The maximum absolute atomic E-state index is 3.62. The summed E-state index contributed by atoms with van der Waals surface area (Å²) >= 11 is 0. The molecule has 0 aliphatic heterocycles. The van der Waals surface area contributed by atoms with Crippen molar-refractivity contribution in [2.75, 3.05) is 5.32 Å². The minimum Gasteiger partial charge on any atom is -0.355 e. The van der Waals surface area contributed by atoms with Crippen LogP contribution < -0.4 is 5.32 Å². The number of para-hydroxylation sites is 1. The Balaban J connectivity index is 1.85. The molecule has 124 valence electrons. The number of anilines is 2. The van der Waals surface area contributed by atoms with Crippen LogP contribution in [0.1, 0.15) is 44.6 Å². The fourth-order valence-electron chi connectivity index (χ4n) is 3.30. The van der Waals surface area contributed by atoms with Crippen LogP contribution in [0.4, 0.5) is 11.4 Å². The molecule has 0 saturated heterocycles. The molecule has 0 aliphatic rings. The van der Waals surface area contributed by atoms with Gasteiger partial charge in [0.1, 0.15) is 0 Å². The van der Waals surface area contributed by atoms with Gasteiger partial charge in [-0.15, -0.1) is 0 Å². The van der Waals surface area contributed by atoms with Gasteiger partial charge in [0.2, 0.25) is 0 Å². The molecule has 0 fully saturated rings. The van der Waals surface area contributed by atoms with E-state index in [9.17, 15) is 0 Å². The van der Waals surface area contributed by atoms with E-state index in [1.807, 2.05) is 0 Å². The number of unbranched alkanes of at least 4 members (excludes halogenated alkanes) is 4. The normalized spacial score (nSPS) is 10.9. The van der Waals surface area contributed by atoms with Crippen LogP contribution in [0.15, 0.2) is 66.7 Å². The van der Waals surface area contributed by atoms with E-state index >= 15 is 0 Å². The predicted molar refractivity (Wildman–Crippen MR) is 106 cm³/mol. The number of benzene rings is 3. The monoisotopic (exact) mass is 317 g/mol. The third-order valence-electron chi connectivity index (χ3n) is 4.62. The van der Waals surface area contributed by atoms with Crippen molar-refractivity contribution >= 4 is 22.1 Å². The van der Waals surface area contributed by atoms with Crippen LogP contribution in [0.25, 0.3) is 10.8 Å². The molecule has 3 aromatic rings. The zero-order valence-corrected chi connectivity index (χ0v) is 14.6. The van der Waals surface area contributed by atoms with Gasteiger partial charge < -0.3 is 5.32 Å². The largest absolute Gasteiger partial charge is 0.355 e. The Morgan fingerprint density at radius 1 is 0.708 bits per heavy atom. The first-order valence-electron chi connectivity index (χ1n) is 9.21. The van der Waals surface area contributed by atoms with Gasteiger partial charge >= 0.3 is 0 Å². The SMILES string of the molecule is CCCCCCCc1c(Nc2ccccc2)ccc2ccccc12. The highest BCUT2D eigenvalue weighted by Gasteiger charge is 2.08. The number of fused-ring (bicyclic) bond motifs is 1. The minimum absolute atomic E-state index is 1.14. The summed E-state index contributed by atoms with van der Waals surface area (Å²) in [6.45, 7) is 2.27. The lowest BCUT2D eigenvalue weighted by atomic mass is 9.97. The average Bonchev–Trinajstić information content (AvgIpc) is 2.63. The molecular weight excluding hydrogens is 290 g/mol.